The van der Waals surface area contributed by atoms with E-state index in [1.807, 2.05) is 19.3 Å². The van der Waals surface area contributed by atoms with Crippen LogP contribution in [0.2, 0.25) is 0 Å². The number of rotatable bonds is 4. The van der Waals surface area contributed by atoms with E-state index < -0.39 is 7.81 Å². The van der Waals surface area contributed by atoms with Crippen LogP contribution in [-0.2, 0) is 45.3 Å². The number of carbonyl (C=O) groups is 1. The zero-order valence-electron chi connectivity index (χ0n) is 14.4. The normalized spacial score (nSPS) is 15.8. The Morgan fingerprint density at radius 2 is 1.39 bits per heavy atom. The van der Waals surface area contributed by atoms with E-state index in [2.05, 4.69) is 24.7 Å². The Bertz CT molecular complexity index is 432. The van der Waals surface area contributed by atoms with Gasteiger partial charge < -0.3 is 9.47 Å². The second-order valence-corrected chi connectivity index (χ2v) is 5.96. The van der Waals surface area contributed by atoms with Gasteiger partial charge in [0, 0.05) is 20.0 Å². The summed E-state index contributed by atoms with van der Waals surface area (Å²) >= 11 is 0. The van der Waals surface area contributed by atoms with Gasteiger partial charge in [0.15, 0.2) is 0 Å². The molecule has 0 bridgehead atoms. The molecule has 1 saturated carbocycles. The van der Waals surface area contributed by atoms with Crippen molar-refractivity contribution in [2.75, 3.05) is 14.2 Å². The first-order valence-corrected chi connectivity index (χ1v) is 8.25. The van der Waals surface area contributed by atoms with E-state index in [1.54, 1.807) is 7.11 Å². The fraction of sp³-hybridized carbons (Fsp3) is 0.357. The number of hydrogen-bond donors (Lipinski definition) is 0. The van der Waals surface area contributed by atoms with E-state index >= 15 is 0 Å². The number of carbonyl (C=O) groups excluding carboxylic acids is 1. The zero-order valence-corrected chi connectivity index (χ0v) is 16.4. The Balaban J connectivity index is -0.000000107. The molecule has 28 heavy (non-hydrogen) atoms. The van der Waals surface area contributed by atoms with Crippen molar-refractivity contribution in [2.24, 2.45) is 0 Å². The van der Waals surface area contributed by atoms with Gasteiger partial charge in [-0.05, 0) is 31.6 Å². The predicted octanol–water partition coefficient (Wildman–Crippen LogP) is 4.98. The fourth-order valence-corrected chi connectivity index (χ4v) is 1.27. The summed E-state index contributed by atoms with van der Waals surface area (Å²) in [6, 6.07) is 0. The van der Waals surface area contributed by atoms with Crippen molar-refractivity contribution in [1.29, 1.82) is 0 Å². The summed E-state index contributed by atoms with van der Waals surface area (Å²) in [5.41, 5.74) is 0. The van der Waals surface area contributed by atoms with E-state index in [0.717, 1.165) is 18.9 Å². The van der Waals surface area contributed by atoms with Crippen LogP contribution < -0.4 is 0 Å². The maximum absolute atomic E-state index is 10.9. The number of hydrogen-bond acceptors (Lipinski definition) is 3. The molecule has 1 rings (SSSR count). The first-order chi connectivity index (χ1) is 12.2. The third-order valence-electron chi connectivity index (χ3n) is 2.16. The molecule has 0 N–H and O–H groups in total. The van der Waals surface area contributed by atoms with E-state index in [9.17, 15) is 30.0 Å². The molecule has 161 valence electrons. The Morgan fingerprint density at radius 3 is 1.64 bits per heavy atom. The molecule has 0 atom stereocenters. The number of ether oxygens (including phenoxy) is 2. The molecule has 0 saturated heterocycles. The van der Waals surface area contributed by atoms with Gasteiger partial charge in [-0.3, -0.25) is 4.79 Å². The van der Waals surface area contributed by atoms with E-state index in [4.69, 9.17) is 18.7 Å². The summed E-state index contributed by atoms with van der Waals surface area (Å²) in [4.78, 5) is 10.9. The number of methoxy groups -OCH3 is 2. The maximum atomic E-state index is 10.9. The van der Waals surface area contributed by atoms with Crippen LogP contribution in [0.15, 0.2) is 0 Å². The van der Waals surface area contributed by atoms with Crippen LogP contribution in [0.3, 0.4) is 0 Å². The van der Waals surface area contributed by atoms with Crippen molar-refractivity contribution in [3.8, 4) is 0 Å². The molecule has 0 amide bonds. The van der Waals surface area contributed by atoms with Crippen LogP contribution in [0.5, 0.6) is 0 Å². The molecule has 0 aromatic rings. The molecule has 0 aromatic carbocycles. The van der Waals surface area contributed by atoms with Crippen LogP contribution in [-0.4, -0.2) is 20.2 Å². The largest absolute Gasteiger partial charge is 2.00 e. The van der Waals surface area contributed by atoms with Crippen LogP contribution in [0.1, 0.15) is 19.3 Å². The zero-order chi connectivity index (χ0) is 22.8. The minimum atomic E-state index is -10.7. The molecular weight excluding hydrogens is 465 g/mol. The van der Waals surface area contributed by atoms with E-state index in [-0.39, 0.29) is 23.0 Å². The summed E-state index contributed by atoms with van der Waals surface area (Å²) in [5, 5.41) is 0. The van der Waals surface area contributed by atoms with Gasteiger partial charge in [-0.15, -0.1) is 0 Å². The minimum Gasteiger partial charge on any atom is 2.00 e. The van der Waals surface area contributed by atoms with Gasteiger partial charge in [0.25, 0.3) is 0 Å². The minimum absolute atomic E-state index is 0. The fourth-order valence-electron chi connectivity index (χ4n) is 1.27. The average molecular weight is 480 g/mol. The molecule has 0 spiro atoms. The second-order valence-electron chi connectivity index (χ2n) is 4.04. The van der Waals surface area contributed by atoms with Crippen molar-refractivity contribution in [2.45, 2.75) is 19.3 Å². The first kappa shape index (κ1) is 37.9. The van der Waals surface area contributed by atoms with Gasteiger partial charge in [0.1, 0.15) is 6.10 Å². The molecule has 14 heteroatoms. The number of halogens is 6. The molecule has 1 aliphatic carbocycles. The van der Waals surface area contributed by atoms with Crippen LogP contribution in [0.4, 0.5) is 25.2 Å². The van der Waals surface area contributed by atoms with Crippen LogP contribution in [0, 0.1) is 51.2 Å². The van der Waals surface area contributed by atoms with Gasteiger partial charge >= 0.3 is 89.9 Å². The third kappa shape index (κ3) is 44.5. The Morgan fingerprint density at radius 1 is 1.00 bits per heavy atom. The summed E-state index contributed by atoms with van der Waals surface area (Å²) in [6.07, 6.45) is 8.87. The van der Waals surface area contributed by atoms with Crippen LogP contribution >= 0.6 is 7.81 Å². The molecule has 0 unspecified atom stereocenters. The number of esters is 1. The van der Waals surface area contributed by atoms with Gasteiger partial charge in [0.05, 0.1) is 7.11 Å². The average Bonchev–Trinajstić information content (AvgIpc) is 2.62. The molecular formula is C14H15F6FeO6P+. The van der Waals surface area contributed by atoms with E-state index in [0.29, 0.717) is 6.42 Å². The first-order valence-electron chi connectivity index (χ1n) is 6.22. The molecule has 0 aromatic heterocycles. The molecule has 6 nitrogen and oxygen atoms in total. The maximum Gasteiger partial charge on any atom is 2.00 e. The third-order valence-corrected chi connectivity index (χ3v) is 2.16. The summed E-state index contributed by atoms with van der Waals surface area (Å²) in [6.45, 7) is 13.5. The standard InChI is InChI=1S/C11H15O3.3CO.F6P.Fe/c1-13-10-6-3-9(4-7-10)5-8-11(12)14-2;3*1-2;1-7(2,3,4,5)6;/h3,6-7H,4-5,8H2,1-2H3;;;;;/q;;;;-1;+2. The molecule has 0 heterocycles. The van der Waals surface area contributed by atoms with Gasteiger partial charge in [-0.1, -0.05) is 0 Å². The Hall–Kier alpha value is -0.821. The van der Waals surface area contributed by atoms with Gasteiger partial charge in [-0.2, -0.15) is 0 Å². The molecule has 0 aliphatic heterocycles. The summed E-state index contributed by atoms with van der Waals surface area (Å²) in [7, 11) is -7.60. The van der Waals surface area contributed by atoms with Crippen molar-refractivity contribution in [1.82, 2.24) is 0 Å². The quantitative estimate of drug-likeness (QED) is 0.142. The molecule has 1 aliphatic rings. The van der Waals surface area contributed by atoms with Crippen LogP contribution in [0.25, 0.3) is 0 Å². The summed E-state index contributed by atoms with van der Waals surface area (Å²) < 4.78 is 91.3. The monoisotopic (exact) mass is 480 g/mol. The van der Waals surface area contributed by atoms with Gasteiger partial charge in [-0.25, -0.2) is 0 Å². The topological polar surface area (TPSA) is 95.2 Å². The molecule has 5 radical (unpaired) electrons. The Labute approximate surface area is 169 Å². The smallest absolute Gasteiger partial charge is 2.00 e. The van der Waals surface area contributed by atoms with E-state index in [1.165, 1.54) is 13.0 Å². The molecule has 1 fully saturated rings. The predicted molar refractivity (Wildman–Crippen MR) is 77.6 cm³/mol. The van der Waals surface area contributed by atoms with Crippen molar-refractivity contribution >= 4 is 13.8 Å². The van der Waals surface area contributed by atoms with Crippen molar-refractivity contribution in [3.63, 3.8) is 0 Å². The Kier molecular flexibility index (Phi) is 23.1. The van der Waals surface area contributed by atoms with Crippen molar-refractivity contribution < 1.29 is 70.5 Å². The summed E-state index contributed by atoms with van der Waals surface area (Å²) in [5.74, 6) is 1.07. The second kappa shape index (κ2) is 17.1. The SMILES string of the molecule is CO[C]1[CH][CH][C](CCC(=O)OC)C[CH]1.F[P-](F)(F)(F)(F)F.[C-]#[O+].[C-]#[O+].[C-]#[O+].[Fe+2]. The van der Waals surface area contributed by atoms with Gasteiger partial charge in [0.2, 0.25) is 0 Å². The van der Waals surface area contributed by atoms with Crippen molar-refractivity contribution in [3.05, 3.63) is 51.2 Å².